The summed E-state index contributed by atoms with van der Waals surface area (Å²) in [6, 6.07) is 6.69. The van der Waals surface area contributed by atoms with Crippen molar-refractivity contribution in [3.63, 3.8) is 0 Å². The smallest absolute Gasteiger partial charge is 0.138 e. The van der Waals surface area contributed by atoms with E-state index >= 15 is 0 Å². The summed E-state index contributed by atoms with van der Waals surface area (Å²) in [6.45, 7) is 5.37. The molecule has 0 bridgehead atoms. The van der Waals surface area contributed by atoms with E-state index < -0.39 is 0 Å². The summed E-state index contributed by atoms with van der Waals surface area (Å²) in [5.41, 5.74) is 3.03. The Morgan fingerprint density at radius 1 is 1.33 bits per heavy atom. The van der Waals surface area contributed by atoms with Gasteiger partial charge in [-0.05, 0) is 44.5 Å². The molecule has 0 saturated heterocycles. The number of rotatable bonds is 5. The summed E-state index contributed by atoms with van der Waals surface area (Å²) in [5, 5.41) is 7.22. The Labute approximate surface area is 106 Å². The molecule has 0 aliphatic carbocycles. The molecular formula is C14H17FN2O. The van der Waals surface area contributed by atoms with Crippen molar-refractivity contribution in [3.8, 4) is 0 Å². The molecule has 2 aromatic rings. The van der Waals surface area contributed by atoms with E-state index in [1.54, 1.807) is 12.1 Å². The fourth-order valence-corrected chi connectivity index (χ4v) is 1.89. The Hall–Kier alpha value is -1.68. The summed E-state index contributed by atoms with van der Waals surface area (Å²) in [7, 11) is 0. The van der Waals surface area contributed by atoms with Crippen molar-refractivity contribution in [2.24, 2.45) is 0 Å². The number of hydrogen-bond donors (Lipinski definition) is 1. The zero-order valence-electron chi connectivity index (χ0n) is 10.7. The van der Waals surface area contributed by atoms with Gasteiger partial charge in [0, 0.05) is 12.1 Å². The highest BCUT2D eigenvalue weighted by Crippen LogP contribution is 2.11. The van der Waals surface area contributed by atoms with Crippen LogP contribution in [0.25, 0.3) is 0 Å². The summed E-state index contributed by atoms with van der Waals surface area (Å²) < 4.78 is 18.1. The Bertz CT molecular complexity index is 503. The fourth-order valence-electron chi connectivity index (χ4n) is 1.89. The van der Waals surface area contributed by atoms with E-state index in [0.717, 1.165) is 42.1 Å². The standard InChI is InChI=1S/C14H17FN2O/c1-10-14(11(2)18-17-10)9-16-7-6-12-4-3-5-13(15)8-12/h3-5,8,16H,6-7,9H2,1-2H3. The lowest BCUT2D eigenvalue weighted by molar-refractivity contribution is 0.392. The molecule has 0 saturated carbocycles. The molecule has 96 valence electrons. The van der Waals surface area contributed by atoms with Crippen molar-refractivity contribution >= 4 is 0 Å². The first kappa shape index (κ1) is 12.8. The lowest BCUT2D eigenvalue weighted by Gasteiger charge is -2.04. The second kappa shape index (κ2) is 5.78. The maximum absolute atomic E-state index is 13.0. The molecule has 0 fully saturated rings. The number of halogens is 1. The second-order valence-corrected chi connectivity index (χ2v) is 4.36. The van der Waals surface area contributed by atoms with Crippen molar-refractivity contribution in [2.45, 2.75) is 26.8 Å². The lowest BCUT2D eigenvalue weighted by Crippen LogP contribution is -2.17. The number of hydrogen-bond acceptors (Lipinski definition) is 3. The minimum Gasteiger partial charge on any atom is -0.361 e. The van der Waals surface area contributed by atoms with Crippen LogP contribution in [0.4, 0.5) is 4.39 Å². The van der Waals surface area contributed by atoms with E-state index in [-0.39, 0.29) is 5.82 Å². The molecule has 0 unspecified atom stereocenters. The van der Waals surface area contributed by atoms with E-state index in [9.17, 15) is 4.39 Å². The Kier molecular flexibility index (Phi) is 4.10. The summed E-state index contributed by atoms with van der Waals surface area (Å²) in [4.78, 5) is 0. The van der Waals surface area contributed by atoms with Crippen LogP contribution in [0.1, 0.15) is 22.6 Å². The van der Waals surface area contributed by atoms with Gasteiger partial charge in [0.25, 0.3) is 0 Å². The number of nitrogens with one attached hydrogen (secondary N) is 1. The first-order chi connectivity index (χ1) is 8.66. The fraction of sp³-hybridized carbons (Fsp3) is 0.357. The summed E-state index contributed by atoms with van der Waals surface area (Å²) in [6.07, 6.45) is 0.807. The predicted molar refractivity (Wildman–Crippen MR) is 67.8 cm³/mol. The van der Waals surface area contributed by atoms with Crippen molar-refractivity contribution in [2.75, 3.05) is 6.54 Å². The van der Waals surface area contributed by atoms with Gasteiger partial charge in [-0.2, -0.15) is 0 Å². The first-order valence-electron chi connectivity index (χ1n) is 6.03. The van der Waals surface area contributed by atoms with Crippen LogP contribution in [0.15, 0.2) is 28.8 Å². The van der Waals surface area contributed by atoms with Gasteiger partial charge in [0.15, 0.2) is 0 Å². The molecule has 0 atom stereocenters. The molecule has 1 aromatic heterocycles. The van der Waals surface area contributed by atoms with Crippen molar-refractivity contribution < 1.29 is 8.91 Å². The minimum absolute atomic E-state index is 0.182. The van der Waals surface area contributed by atoms with Gasteiger partial charge in [0.05, 0.1) is 5.69 Å². The van der Waals surface area contributed by atoms with E-state index in [2.05, 4.69) is 10.5 Å². The number of aromatic nitrogens is 1. The van der Waals surface area contributed by atoms with Gasteiger partial charge in [-0.15, -0.1) is 0 Å². The maximum Gasteiger partial charge on any atom is 0.138 e. The van der Waals surface area contributed by atoms with E-state index in [0.29, 0.717) is 0 Å². The normalized spacial score (nSPS) is 10.8. The predicted octanol–water partition coefficient (Wildman–Crippen LogP) is 2.76. The quantitative estimate of drug-likeness (QED) is 0.827. The van der Waals surface area contributed by atoms with Gasteiger partial charge < -0.3 is 9.84 Å². The van der Waals surface area contributed by atoms with Crippen molar-refractivity contribution in [1.29, 1.82) is 0 Å². The SMILES string of the molecule is Cc1noc(C)c1CNCCc1cccc(F)c1. The second-order valence-electron chi connectivity index (χ2n) is 4.36. The Balaban J connectivity index is 1.80. The molecule has 0 spiro atoms. The number of nitrogens with zero attached hydrogens (tertiary/aromatic N) is 1. The van der Waals surface area contributed by atoms with Crippen molar-refractivity contribution in [3.05, 3.63) is 52.7 Å². The maximum atomic E-state index is 13.0. The average Bonchev–Trinajstić information content (AvgIpc) is 2.66. The molecule has 0 aliphatic rings. The van der Waals surface area contributed by atoms with Crippen LogP contribution < -0.4 is 5.32 Å². The van der Waals surface area contributed by atoms with Gasteiger partial charge in [-0.1, -0.05) is 17.3 Å². The van der Waals surface area contributed by atoms with Gasteiger partial charge in [-0.25, -0.2) is 4.39 Å². The highest BCUT2D eigenvalue weighted by atomic mass is 19.1. The highest BCUT2D eigenvalue weighted by Gasteiger charge is 2.07. The first-order valence-corrected chi connectivity index (χ1v) is 6.03. The molecule has 3 nitrogen and oxygen atoms in total. The van der Waals surface area contributed by atoms with Gasteiger partial charge in [-0.3, -0.25) is 0 Å². The number of benzene rings is 1. The third-order valence-electron chi connectivity index (χ3n) is 2.96. The van der Waals surface area contributed by atoms with Crippen LogP contribution in [0.3, 0.4) is 0 Å². The third kappa shape index (κ3) is 3.17. The molecule has 1 aromatic carbocycles. The summed E-state index contributed by atoms with van der Waals surface area (Å²) in [5.74, 6) is 0.670. The topological polar surface area (TPSA) is 38.1 Å². The van der Waals surface area contributed by atoms with Crippen LogP contribution in [-0.4, -0.2) is 11.7 Å². The molecule has 0 radical (unpaired) electrons. The van der Waals surface area contributed by atoms with Crippen LogP contribution in [0, 0.1) is 19.7 Å². The number of aryl methyl sites for hydroxylation is 2. The van der Waals surface area contributed by atoms with Crippen molar-refractivity contribution in [1.82, 2.24) is 10.5 Å². The van der Waals surface area contributed by atoms with Crippen LogP contribution in [0.2, 0.25) is 0 Å². The van der Waals surface area contributed by atoms with Gasteiger partial charge >= 0.3 is 0 Å². The molecule has 1 heterocycles. The van der Waals surface area contributed by atoms with Crippen LogP contribution in [-0.2, 0) is 13.0 Å². The molecule has 18 heavy (non-hydrogen) atoms. The van der Waals surface area contributed by atoms with Gasteiger partial charge in [0.2, 0.25) is 0 Å². The van der Waals surface area contributed by atoms with Crippen LogP contribution >= 0.6 is 0 Å². The summed E-state index contributed by atoms with van der Waals surface area (Å²) >= 11 is 0. The van der Waals surface area contributed by atoms with E-state index in [4.69, 9.17) is 4.52 Å². The van der Waals surface area contributed by atoms with Gasteiger partial charge in [0.1, 0.15) is 11.6 Å². The monoisotopic (exact) mass is 248 g/mol. The Morgan fingerprint density at radius 2 is 2.17 bits per heavy atom. The minimum atomic E-state index is -0.182. The molecule has 0 amide bonds. The average molecular weight is 248 g/mol. The van der Waals surface area contributed by atoms with E-state index in [1.165, 1.54) is 6.07 Å². The zero-order valence-corrected chi connectivity index (χ0v) is 10.7. The highest BCUT2D eigenvalue weighted by molar-refractivity contribution is 5.20. The Morgan fingerprint density at radius 3 is 2.83 bits per heavy atom. The largest absolute Gasteiger partial charge is 0.361 e. The van der Waals surface area contributed by atoms with Crippen LogP contribution in [0.5, 0.6) is 0 Å². The third-order valence-corrected chi connectivity index (χ3v) is 2.96. The lowest BCUT2D eigenvalue weighted by atomic mass is 10.1. The molecular weight excluding hydrogens is 231 g/mol. The molecule has 0 aliphatic heterocycles. The molecule has 2 rings (SSSR count). The van der Waals surface area contributed by atoms with E-state index in [1.807, 2.05) is 19.9 Å². The molecule has 1 N–H and O–H groups in total. The zero-order chi connectivity index (χ0) is 13.0. The molecule has 4 heteroatoms.